The molecule has 0 radical (unpaired) electrons. The first-order chi connectivity index (χ1) is 18.3. The molecule has 1 saturated heterocycles. The molecular formula is C26H27F3N4O5. The van der Waals surface area contributed by atoms with E-state index in [-0.39, 0.29) is 24.4 Å². The highest BCUT2D eigenvalue weighted by molar-refractivity contribution is 5.69. The maximum absolute atomic E-state index is 13.5. The van der Waals surface area contributed by atoms with E-state index in [9.17, 15) is 18.0 Å². The molecule has 0 N–H and O–H groups in total. The molecule has 1 aliphatic carbocycles. The van der Waals surface area contributed by atoms with Gasteiger partial charge in [-0.25, -0.2) is 14.5 Å². The monoisotopic (exact) mass is 532 g/mol. The summed E-state index contributed by atoms with van der Waals surface area (Å²) < 4.78 is 62.5. The van der Waals surface area contributed by atoms with Crippen LogP contribution in [0, 0.1) is 11.8 Å². The summed E-state index contributed by atoms with van der Waals surface area (Å²) in [6.07, 6.45) is -4.68. The summed E-state index contributed by atoms with van der Waals surface area (Å²) in [7, 11) is 3.08. The number of alkyl halides is 3. The van der Waals surface area contributed by atoms with Crippen molar-refractivity contribution < 1.29 is 36.9 Å². The average Bonchev–Trinajstić information content (AvgIpc) is 3.26. The van der Waals surface area contributed by atoms with Gasteiger partial charge in [-0.15, -0.1) is 0 Å². The average molecular weight is 533 g/mol. The Morgan fingerprint density at radius 3 is 2.32 bits per heavy atom. The van der Waals surface area contributed by atoms with Gasteiger partial charge in [0.2, 0.25) is 6.10 Å². The number of carbonyl (C=O) groups excluding carboxylic acids is 1. The Bertz CT molecular complexity index is 1240. The maximum Gasteiger partial charge on any atom is 0.427 e. The smallest absolute Gasteiger partial charge is 0.427 e. The zero-order valence-corrected chi connectivity index (χ0v) is 20.8. The molecule has 2 fully saturated rings. The second-order valence-corrected chi connectivity index (χ2v) is 9.28. The van der Waals surface area contributed by atoms with Gasteiger partial charge in [-0.1, -0.05) is 12.1 Å². The summed E-state index contributed by atoms with van der Waals surface area (Å²) in [5.41, 5.74) is 1.54. The van der Waals surface area contributed by atoms with Crippen molar-refractivity contribution in [2.45, 2.75) is 24.8 Å². The van der Waals surface area contributed by atoms with Crippen molar-refractivity contribution in [1.82, 2.24) is 19.7 Å². The SMILES string of the molecule is COc1ccc(COC[C@@H](OC(=O)N2C[C@@H]3[C@H](C2)[C@H]3c2ccn(-c3ccc(OC)cn3)n2)C(F)(F)F)cc1. The molecule has 202 valence electrons. The number of amides is 1. The molecule has 9 nitrogen and oxygen atoms in total. The van der Waals surface area contributed by atoms with E-state index in [2.05, 4.69) is 10.1 Å². The predicted octanol–water partition coefficient (Wildman–Crippen LogP) is 4.21. The molecule has 3 heterocycles. The molecule has 0 spiro atoms. The fourth-order valence-electron chi connectivity index (χ4n) is 4.78. The Balaban J connectivity index is 1.12. The molecule has 1 saturated carbocycles. The van der Waals surface area contributed by atoms with Gasteiger partial charge >= 0.3 is 12.3 Å². The molecule has 5 rings (SSSR count). The van der Waals surface area contributed by atoms with Crippen LogP contribution in [0.25, 0.3) is 5.82 Å². The van der Waals surface area contributed by atoms with Gasteiger partial charge in [0, 0.05) is 25.2 Å². The van der Waals surface area contributed by atoms with Crippen LogP contribution in [0.5, 0.6) is 11.5 Å². The lowest BCUT2D eigenvalue weighted by Crippen LogP contribution is -2.42. The van der Waals surface area contributed by atoms with Crippen molar-refractivity contribution >= 4 is 6.09 Å². The summed E-state index contributed by atoms with van der Waals surface area (Å²) in [5.74, 6) is 2.31. The largest absolute Gasteiger partial charge is 0.497 e. The van der Waals surface area contributed by atoms with Crippen LogP contribution < -0.4 is 9.47 Å². The lowest BCUT2D eigenvalue weighted by molar-refractivity contribution is -0.219. The molecule has 4 atom stereocenters. The van der Waals surface area contributed by atoms with Crippen LogP contribution in [0.2, 0.25) is 0 Å². The lowest BCUT2D eigenvalue weighted by atomic mass is 10.2. The first-order valence-electron chi connectivity index (χ1n) is 12.1. The number of methoxy groups -OCH3 is 2. The quantitative estimate of drug-likeness (QED) is 0.408. The van der Waals surface area contributed by atoms with Crippen LogP contribution in [-0.2, 0) is 16.1 Å². The van der Waals surface area contributed by atoms with Crippen molar-refractivity contribution in [1.29, 1.82) is 0 Å². The number of piperidine rings is 1. The molecule has 2 aliphatic rings. The number of fused-ring (bicyclic) bond motifs is 1. The Morgan fingerprint density at radius 1 is 1.03 bits per heavy atom. The molecule has 2 aromatic heterocycles. The van der Waals surface area contributed by atoms with Crippen LogP contribution in [0.1, 0.15) is 17.2 Å². The minimum Gasteiger partial charge on any atom is -0.497 e. The number of ether oxygens (including phenoxy) is 4. The minimum atomic E-state index is -4.75. The number of hydrogen-bond donors (Lipinski definition) is 0. The van der Waals surface area contributed by atoms with E-state index in [1.165, 1.54) is 12.0 Å². The highest BCUT2D eigenvalue weighted by atomic mass is 19.4. The molecule has 3 aromatic rings. The number of pyridine rings is 1. The number of hydrogen-bond acceptors (Lipinski definition) is 7. The van der Waals surface area contributed by atoms with Gasteiger partial charge in [0.1, 0.15) is 11.5 Å². The molecule has 1 aromatic carbocycles. The zero-order chi connectivity index (χ0) is 26.9. The van der Waals surface area contributed by atoms with Gasteiger partial charge in [0.25, 0.3) is 0 Å². The second kappa shape index (κ2) is 10.5. The fourth-order valence-corrected chi connectivity index (χ4v) is 4.78. The Morgan fingerprint density at radius 2 is 1.71 bits per heavy atom. The van der Waals surface area contributed by atoms with Crippen molar-refractivity contribution in [2.75, 3.05) is 33.9 Å². The minimum absolute atomic E-state index is 0.0532. The summed E-state index contributed by atoms with van der Waals surface area (Å²) in [6.45, 7) is -0.206. The topological polar surface area (TPSA) is 87.9 Å². The molecule has 38 heavy (non-hydrogen) atoms. The zero-order valence-electron chi connectivity index (χ0n) is 20.8. The number of nitrogens with zero attached hydrogens (tertiary/aromatic N) is 4. The van der Waals surface area contributed by atoms with Crippen molar-refractivity contribution in [3.8, 4) is 17.3 Å². The number of halogens is 3. The Kier molecular flexibility index (Phi) is 7.15. The van der Waals surface area contributed by atoms with E-state index in [1.807, 2.05) is 12.3 Å². The van der Waals surface area contributed by atoms with Crippen molar-refractivity contribution in [3.05, 3.63) is 66.1 Å². The standard InChI is InChI=1S/C26H27F3N4O5/c1-35-17-5-3-16(4-6-17)14-37-15-22(26(27,28)29)38-25(34)32-12-19-20(13-32)24(19)21-9-10-33(31-21)23-8-7-18(36-2)11-30-23/h3-11,19-20,22,24H,12-15H2,1-2H3/t19-,20+,22-,24+/m1/s1. The van der Waals surface area contributed by atoms with E-state index in [4.69, 9.17) is 18.9 Å². The first kappa shape index (κ1) is 25.8. The normalized spacial score (nSPS) is 21.1. The molecule has 12 heteroatoms. The Labute approximate surface area is 217 Å². The van der Waals surface area contributed by atoms with Crippen LogP contribution in [0.3, 0.4) is 0 Å². The molecule has 0 bridgehead atoms. The summed E-state index contributed by atoms with van der Waals surface area (Å²) in [6, 6.07) is 12.2. The summed E-state index contributed by atoms with van der Waals surface area (Å²) in [5, 5.41) is 4.61. The maximum atomic E-state index is 13.5. The third kappa shape index (κ3) is 5.54. The van der Waals surface area contributed by atoms with Crippen LogP contribution >= 0.6 is 0 Å². The second-order valence-electron chi connectivity index (χ2n) is 9.28. The summed E-state index contributed by atoms with van der Waals surface area (Å²) >= 11 is 0. The first-order valence-corrected chi connectivity index (χ1v) is 12.1. The number of aromatic nitrogens is 3. The van der Waals surface area contributed by atoms with E-state index in [0.29, 0.717) is 36.0 Å². The number of rotatable bonds is 9. The fraction of sp³-hybridized carbons (Fsp3) is 0.423. The third-order valence-electron chi connectivity index (χ3n) is 6.90. The predicted molar refractivity (Wildman–Crippen MR) is 128 cm³/mol. The van der Waals surface area contributed by atoms with E-state index < -0.39 is 25.0 Å². The van der Waals surface area contributed by atoms with E-state index in [0.717, 1.165) is 5.69 Å². The van der Waals surface area contributed by atoms with Gasteiger partial charge in [-0.3, -0.25) is 0 Å². The highest BCUT2D eigenvalue weighted by Crippen LogP contribution is 2.57. The van der Waals surface area contributed by atoms with Crippen LogP contribution in [-0.4, -0.2) is 72.0 Å². The van der Waals surface area contributed by atoms with E-state index >= 15 is 0 Å². The molecule has 0 unspecified atom stereocenters. The molecule has 1 aliphatic heterocycles. The lowest BCUT2D eigenvalue weighted by Gasteiger charge is -2.25. The Hall–Kier alpha value is -3.80. The highest BCUT2D eigenvalue weighted by Gasteiger charge is 2.59. The van der Waals surface area contributed by atoms with Crippen molar-refractivity contribution in [2.24, 2.45) is 11.8 Å². The number of likely N-dealkylation sites (tertiary alicyclic amines) is 1. The third-order valence-corrected chi connectivity index (χ3v) is 6.90. The molecule has 1 amide bonds. The van der Waals surface area contributed by atoms with Crippen LogP contribution in [0.4, 0.5) is 18.0 Å². The van der Waals surface area contributed by atoms with Crippen LogP contribution in [0.15, 0.2) is 54.9 Å². The van der Waals surface area contributed by atoms with Gasteiger partial charge in [0.15, 0.2) is 5.82 Å². The van der Waals surface area contributed by atoms with E-state index in [1.54, 1.807) is 54.4 Å². The number of benzene rings is 1. The van der Waals surface area contributed by atoms with Gasteiger partial charge in [0.05, 0.1) is 39.3 Å². The molecular weight excluding hydrogens is 505 g/mol. The number of carbonyl (C=O) groups is 1. The van der Waals surface area contributed by atoms with Gasteiger partial charge in [-0.05, 0) is 47.7 Å². The van der Waals surface area contributed by atoms with Crippen molar-refractivity contribution in [3.63, 3.8) is 0 Å². The van der Waals surface area contributed by atoms with Gasteiger partial charge < -0.3 is 23.8 Å². The van der Waals surface area contributed by atoms with Gasteiger partial charge in [-0.2, -0.15) is 18.3 Å². The summed E-state index contributed by atoms with van der Waals surface area (Å²) in [4.78, 5) is 18.2.